The number of piperidine rings is 1. The van der Waals surface area contributed by atoms with E-state index in [9.17, 15) is 4.79 Å². The van der Waals surface area contributed by atoms with Gasteiger partial charge < -0.3 is 5.32 Å². The summed E-state index contributed by atoms with van der Waals surface area (Å²) in [4.78, 5) is 20.5. The summed E-state index contributed by atoms with van der Waals surface area (Å²) < 4.78 is 0. The first-order valence-corrected chi connectivity index (χ1v) is 8.76. The molecule has 132 valence electrons. The second-order valence-electron chi connectivity index (χ2n) is 6.57. The highest BCUT2D eigenvalue weighted by Gasteiger charge is 2.17. The highest BCUT2D eigenvalue weighted by Crippen LogP contribution is 2.29. The maximum atomic E-state index is 11.5. The quantitative estimate of drug-likeness (QED) is 0.500. The number of nitrogens with zero attached hydrogens (tertiary/aromatic N) is 2. The molecule has 0 unspecified atom stereocenters. The molecule has 1 fully saturated rings. The largest absolute Gasteiger partial charge is 0.317 e. The number of carbonyl (C=O) groups is 1. The Kier molecular flexibility index (Phi) is 4.60. The van der Waals surface area contributed by atoms with Gasteiger partial charge in [0.05, 0.1) is 11.1 Å². The third-order valence-corrected chi connectivity index (χ3v) is 4.92. The van der Waals surface area contributed by atoms with Crippen LogP contribution in [0.5, 0.6) is 0 Å². The third kappa shape index (κ3) is 3.29. The zero-order chi connectivity index (χ0) is 17.9. The van der Waals surface area contributed by atoms with Crippen LogP contribution in [0.3, 0.4) is 0 Å². The van der Waals surface area contributed by atoms with E-state index in [2.05, 4.69) is 21.4 Å². The second kappa shape index (κ2) is 7.19. The number of hydrogen-bond acceptors (Lipinski definition) is 5. The van der Waals surface area contributed by atoms with Crippen molar-refractivity contribution in [3.05, 3.63) is 60.0 Å². The first-order valence-electron chi connectivity index (χ1n) is 8.76. The number of carbonyl (C=O) groups excluding carboxylic acids is 1. The molecule has 3 aromatic rings. The van der Waals surface area contributed by atoms with Crippen molar-refractivity contribution >= 4 is 16.8 Å². The van der Waals surface area contributed by atoms with Crippen LogP contribution >= 0.6 is 0 Å². The van der Waals surface area contributed by atoms with Gasteiger partial charge in [-0.2, -0.15) is 0 Å². The summed E-state index contributed by atoms with van der Waals surface area (Å²) in [6.07, 6.45) is 5.57. The molecule has 0 bridgehead atoms. The van der Waals surface area contributed by atoms with Crippen LogP contribution in [0.2, 0.25) is 0 Å². The molecule has 0 saturated carbocycles. The van der Waals surface area contributed by atoms with Crippen molar-refractivity contribution in [1.29, 1.82) is 0 Å². The highest BCUT2D eigenvalue weighted by atomic mass is 16.5. The van der Waals surface area contributed by atoms with Crippen LogP contribution in [0, 0.1) is 0 Å². The van der Waals surface area contributed by atoms with Crippen LogP contribution in [0.25, 0.3) is 22.0 Å². The predicted molar refractivity (Wildman–Crippen MR) is 99.1 cm³/mol. The minimum absolute atomic E-state index is 0.324. The van der Waals surface area contributed by atoms with Crippen molar-refractivity contribution in [1.82, 2.24) is 20.8 Å². The average Bonchev–Trinajstić information content (AvgIpc) is 2.73. The molecular weight excluding hydrogens is 328 g/mol. The molecule has 3 N–H and O–H groups in total. The van der Waals surface area contributed by atoms with E-state index in [1.165, 1.54) is 6.20 Å². The van der Waals surface area contributed by atoms with Gasteiger partial charge in [0.25, 0.3) is 5.91 Å². The Morgan fingerprint density at radius 1 is 1.08 bits per heavy atom. The van der Waals surface area contributed by atoms with Gasteiger partial charge in [-0.1, -0.05) is 12.1 Å². The number of amides is 1. The fourth-order valence-electron chi connectivity index (χ4n) is 3.46. The molecule has 0 radical (unpaired) electrons. The van der Waals surface area contributed by atoms with Gasteiger partial charge >= 0.3 is 0 Å². The van der Waals surface area contributed by atoms with Gasteiger partial charge in [0.1, 0.15) is 0 Å². The first-order chi connectivity index (χ1) is 12.7. The summed E-state index contributed by atoms with van der Waals surface area (Å²) in [6.45, 7) is 2.08. The van der Waals surface area contributed by atoms with E-state index in [1.54, 1.807) is 11.5 Å². The van der Waals surface area contributed by atoms with Gasteiger partial charge in [0.2, 0.25) is 0 Å². The molecule has 1 aliphatic rings. The van der Waals surface area contributed by atoms with Crippen LogP contribution in [0.1, 0.15) is 34.8 Å². The van der Waals surface area contributed by atoms with Gasteiger partial charge in [-0.05, 0) is 61.3 Å². The van der Waals surface area contributed by atoms with Crippen molar-refractivity contribution in [3.8, 4) is 11.1 Å². The number of nitrogens with one attached hydrogen (secondary N) is 2. The number of rotatable bonds is 3. The van der Waals surface area contributed by atoms with E-state index < -0.39 is 5.91 Å². The van der Waals surface area contributed by atoms with E-state index in [4.69, 9.17) is 5.21 Å². The van der Waals surface area contributed by atoms with Crippen molar-refractivity contribution in [2.24, 2.45) is 0 Å². The van der Waals surface area contributed by atoms with Gasteiger partial charge in [-0.25, -0.2) is 5.48 Å². The zero-order valence-corrected chi connectivity index (χ0v) is 14.3. The Hall–Kier alpha value is -2.83. The number of pyridine rings is 2. The lowest BCUT2D eigenvalue weighted by Gasteiger charge is -2.22. The van der Waals surface area contributed by atoms with Crippen LogP contribution in [-0.2, 0) is 0 Å². The van der Waals surface area contributed by atoms with Crippen molar-refractivity contribution in [2.75, 3.05) is 13.1 Å². The molecule has 3 heterocycles. The smallest absolute Gasteiger partial charge is 0.276 e. The Bertz CT molecular complexity index is 951. The lowest BCUT2D eigenvalue weighted by atomic mass is 9.92. The fraction of sp³-hybridized carbons (Fsp3) is 0.250. The standard InChI is InChI=1S/C20H20N4O2/c25-20(24-26)17-9-16-2-1-14(10-19(16)23-12-17)15-5-8-22-18(11-15)13-3-6-21-7-4-13/h1-2,5,8-13,21,26H,3-4,6-7H2,(H,24,25). The number of benzene rings is 1. The van der Waals surface area contributed by atoms with Gasteiger partial charge in [0.15, 0.2) is 0 Å². The Labute approximate surface area is 151 Å². The average molecular weight is 348 g/mol. The Morgan fingerprint density at radius 2 is 1.88 bits per heavy atom. The van der Waals surface area contributed by atoms with Crippen molar-refractivity contribution in [2.45, 2.75) is 18.8 Å². The molecule has 1 saturated heterocycles. The van der Waals surface area contributed by atoms with Gasteiger partial charge in [-0.15, -0.1) is 0 Å². The summed E-state index contributed by atoms with van der Waals surface area (Å²) in [5, 5.41) is 13.0. The SMILES string of the molecule is O=C(NO)c1cnc2cc(-c3ccnc(C4CCNCC4)c3)ccc2c1. The van der Waals surface area contributed by atoms with Crippen LogP contribution in [0.4, 0.5) is 0 Å². The molecule has 1 amide bonds. The normalized spacial score (nSPS) is 15.1. The minimum Gasteiger partial charge on any atom is -0.317 e. The van der Waals surface area contributed by atoms with Crippen LogP contribution < -0.4 is 10.8 Å². The summed E-state index contributed by atoms with van der Waals surface area (Å²) in [6, 6.07) is 11.9. The summed E-state index contributed by atoms with van der Waals surface area (Å²) in [5.74, 6) is -0.0569. The molecule has 2 aromatic heterocycles. The molecule has 0 spiro atoms. The molecule has 4 rings (SSSR count). The van der Waals surface area contributed by atoms with Gasteiger partial charge in [0, 0.05) is 29.4 Å². The molecule has 1 aliphatic heterocycles. The maximum absolute atomic E-state index is 11.5. The summed E-state index contributed by atoms with van der Waals surface area (Å²) in [5.41, 5.74) is 6.09. The number of fused-ring (bicyclic) bond motifs is 1. The van der Waals surface area contributed by atoms with Crippen LogP contribution in [-0.4, -0.2) is 34.2 Å². The third-order valence-electron chi connectivity index (χ3n) is 4.92. The maximum Gasteiger partial charge on any atom is 0.276 e. The topological polar surface area (TPSA) is 87.1 Å². The van der Waals surface area contributed by atoms with E-state index in [-0.39, 0.29) is 0 Å². The first kappa shape index (κ1) is 16.6. The van der Waals surface area contributed by atoms with E-state index >= 15 is 0 Å². The monoisotopic (exact) mass is 348 g/mol. The Balaban J connectivity index is 1.67. The molecule has 26 heavy (non-hydrogen) atoms. The minimum atomic E-state index is -0.566. The lowest BCUT2D eigenvalue weighted by molar-refractivity contribution is 0.0706. The second-order valence-corrected chi connectivity index (χ2v) is 6.57. The molecule has 0 atom stereocenters. The number of hydroxylamine groups is 1. The van der Waals surface area contributed by atoms with Crippen molar-refractivity contribution in [3.63, 3.8) is 0 Å². The lowest BCUT2D eigenvalue weighted by Crippen LogP contribution is -2.27. The molecule has 6 heteroatoms. The van der Waals surface area contributed by atoms with Gasteiger partial charge in [-0.3, -0.25) is 20.0 Å². The predicted octanol–water partition coefficient (Wildman–Crippen LogP) is 2.88. The zero-order valence-electron chi connectivity index (χ0n) is 14.3. The Morgan fingerprint density at radius 3 is 2.69 bits per heavy atom. The summed E-state index contributed by atoms with van der Waals surface area (Å²) >= 11 is 0. The summed E-state index contributed by atoms with van der Waals surface area (Å²) in [7, 11) is 0. The number of hydrogen-bond donors (Lipinski definition) is 3. The van der Waals surface area contributed by atoms with Crippen molar-refractivity contribution < 1.29 is 10.0 Å². The highest BCUT2D eigenvalue weighted by molar-refractivity contribution is 5.97. The van der Waals surface area contributed by atoms with E-state index in [0.29, 0.717) is 11.5 Å². The molecular formula is C20H20N4O2. The number of aromatic nitrogens is 2. The molecule has 1 aromatic carbocycles. The van der Waals surface area contributed by atoms with E-state index in [0.717, 1.165) is 53.7 Å². The molecule has 6 nitrogen and oxygen atoms in total. The fourth-order valence-corrected chi connectivity index (χ4v) is 3.46. The molecule has 0 aliphatic carbocycles. The van der Waals surface area contributed by atoms with Crippen LogP contribution in [0.15, 0.2) is 48.8 Å². The van der Waals surface area contributed by atoms with E-state index in [1.807, 2.05) is 30.5 Å².